The van der Waals surface area contributed by atoms with Gasteiger partial charge in [0.25, 0.3) is 0 Å². The highest BCUT2D eigenvalue weighted by Crippen LogP contribution is 2.25. The number of piperidine rings is 1. The number of esters is 1. The molecule has 3 rings (SSSR count). The molecule has 0 radical (unpaired) electrons. The molecule has 2 fully saturated rings. The first-order chi connectivity index (χ1) is 38.5. The number of carboxylic acid groups (broad SMARTS) is 1. The van der Waals surface area contributed by atoms with Crippen molar-refractivity contribution in [2.24, 2.45) is 40.9 Å². The maximum Gasteiger partial charge on any atom is 0.345 e. The Morgan fingerprint density at radius 2 is 1.20 bits per heavy atom. The SMILES string of the molecule is CCC(C)C(OC(=O)[C@H](CCC(N)=O)N(C)C(=O)[C@@H](NC(=O)[C@@H]1CCCCN1C(=O)[C@@H](NC(=O)[C@H](CCC(N)=O)N(C)C(=O)[C@H](C(C)C)N(C)C(=O)CNC(=O)[C@@H]1CCCN1C(=O)[C@@H](N)Cc1ccccc1)[C@@H](C)CC)C(C)C)C(=O)O. The number of amides is 10. The molecule has 0 aliphatic carbocycles. The number of hydrogen-bond donors (Lipinski definition) is 7. The Labute approximate surface area is 481 Å². The number of carboxylic acids is 1. The first-order valence-corrected chi connectivity index (χ1v) is 28.6. The minimum Gasteiger partial charge on any atom is -0.478 e. The van der Waals surface area contributed by atoms with Gasteiger partial charge in [0.05, 0.1) is 12.6 Å². The molecule has 0 spiro atoms. The maximum absolute atomic E-state index is 14.9. The number of hydrogen-bond acceptors (Lipinski definition) is 14. The lowest BCUT2D eigenvalue weighted by Crippen LogP contribution is -2.63. The van der Waals surface area contributed by atoms with E-state index in [1.807, 2.05) is 30.3 Å². The number of benzene rings is 1. The highest BCUT2D eigenvalue weighted by molar-refractivity contribution is 5.98. The molecule has 0 aromatic heterocycles. The van der Waals surface area contributed by atoms with E-state index in [2.05, 4.69) is 16.0 Å². The average molecular weight is 1150 g/mol. The minimum absolute atomic E-state index is 0.0855. The first-order valence-electron chi connectivity index (χ1n) is 28.6. The van der Waals surface area contributed by atoms with Gasteiger partial charge in [-0.1, -0.05) is 92.1 Å². The molecule has 1 aromatic carbocycles. The summed E-state index contributed by atoms with van der Waals surface area (Å²) in [7, 11) is 3.97. The number of rotatable bonds is 31. The lowest BCUT2D eigenvalue weighted by atomic mass is 9.93. The summed E-state index contributed by atoms with van der Waals surface area (Å²) >= 11 is 0. The molecule has 2 unspecified atom stereocenters. The van der Waals surface area contributed by atoms with Crippen LogP contribution in [0.5, 0.6) is 0 Å². The molecule has 2 aliphatic rings. The van der Waals surface area contributed by atoms with Gasteiger partial charge in [0.1, 0.15) is 42.3 Å². The summed E-state index contributed by atoms with van der Waals surface area (Å²) in [5.74, 6) is -11.6. The Morgan fingerprint density at radius 1 is 0.659 bits per heavy atom. The predicted octanol–water partition coefficient (Wildman–Crippen LogP) is 0.427. The van der Waals surface area contributed by atoms with Crippen molar-refractivity contribution in [2.75, 3.05) is 40.8 Å². The molecular weight excluding hydrogens is 1060 g/mol. The summed E-state index contributed by atoms with van der Waals surface area (Å²) in [5, 5.41) is 18.0. The second-order valence-corrected chi connectivity index (χ2v) is 22.6. The minimum atomic E-state index is -1.55. The number of aliphatic carboxylic acids is 1. The molecule has 2 heterocycles. The van der Waals surface area contributed by atoms with Gasteiger partial charge in [0, 0.05) is 53.0 Å². The van der Waals surface area contributed by atoms with Gasteiger partial charge >= 0.3 is 11.9 Å². The van der Waals surface area contributed by atoms with E-state index >= 15 is 0 Å². The van der Waals surface area contributed by atoms with Crippen LogP contribution in [0, 0.1) is 23.7 Å². The van der Waals surface area contributed by atoms with Crippen LogP contribution in [-0.4, -0.2) is 196 Å². The summed E-state index contributed by atoms with van der Waals surface area (Å²) in [6, 6.07) is -0.326. The summed E-state index contributed by atoms with van der Waals surface area (Å²) in [4.78, 5) is 169. The highest BCUT2D eigenvalue weighted by Gasteiger charge is 2.44. The lowest BCUT2D eigenvalue weighted by molar-refractivity contribution is -0.172. The Hall–Kier alpha value is -7.18. The average Bonchev–Trinajstić information content (AvgIpc) is 4.09. The van der Waals surface area contributed by atoms with Crippen LogP contribution in [0.25, 0.3) is 0 Å². The first kappa shape index (κ1) is 69.1. The fraction of sp³-hybridized carbons (Fsp3) is 0.684. The number of nitrogens with zero attached hydrogens (tertiary/aromatic N) is 5. The Kier molecular flexibility index (Phi) is 27.3. The van der Waals surface area contributed by atoms with Gasteiger partial charge in [-0.05, 0) is 81.1 Å². The van der Waals surface area contributed by atoms with E-state index in [4.69, 9.17) is 21.9 Å². The van der Waals surface area contributed by atoms with Crippen LogP contribution in [0.1, 0.15) is 132 Å². The number of carbonyl (C=O) groups excluding carboxylic acids is 11. The number of ether oxygens (including phenoxy) is 1. The van der Waals surface area contributed by atoms with Gasteiger partial charge in [-0.3, -0.25) is 47.9 Å². The molecule has 2 saturated heterocycles. The predicted molar refractivity (Wildman–Crippen MR) is 302 cm³/mol. The molecule has 25 nitrogen and oxygen atoms in total. The number of likely N-dealkylation sites (N-methyl/N-ethyl adjacent to an activating group) is 3. The molecule has 10 amide bonds. The van der Waals surface area contributed by atoms with E-state index < -0.39 is 156 Å². The largest absolute Gasteiger partial charge is 0.478 e. The van der Waals surface area contributed by atoms with Crippen molar-refractivity contribution in [3.05, 3.63) is 35.9 Å². The highest BCUT2D eigenvalue weighted by atomic mass is 16.6. The number of nitrogens with two attached hydrogens (primary N) is 3. The molecule has 0 saturated carbocycles. The van der Waals surface area contributed by atoms with Gasteiger partial charge in [-0.2, -0.15) is 0 Å². The van der Waals surface area contributed by atoms with E-state index in [9.17, 15) is 62.6 Å². The van der Waals surface area contributed by atoms with E-state index in [1.165, 1.54) is 30.9 Å². The van der Waals surface area contributed by atoms with Crippen LogP contribution in [0.2, 0.25) is 0 Å². The second-order valence-electron chi connectivity index (χ2n) is 22.6. The molecule has 10 N–H and O–H groups in total. The third kappa shape index (κ3) is 18.9. The maximum atomic E-state index is 14.9. The number of nitrogens with one attached hydrogen (secondary N) is 3. The molecule has 1 aromatic rings. The summed E-state index contributed by atoms with van der Waals surface area (Å²) in [6.07, 6.45) is 0.197. The summed E-state index contributed by atoms with van der Waals surface area (Å²) in [6.45, 7) is 13.3. The van der Waals surface area contributed by atoms with Gasteiger partial charge in [0.15, 0.2) is 0 Å². The molecule has 82 heavy (non-hydrogen) atoms. The Morgan fingerprint density at radius 3 is 1.74 bits per heavy atom. The topological polar surface area (TPSA) is 365 Å². The third-order valence-corrected chi connectivity index (χ3v) is 15.8. The smallest absolute Gasteiger partial charge is 0.345 e. The van der Waals surface area contributed by atoms with Gasteiger partial charge < -0.3 is 67.5 Å². The van der Waals surface area contributed by atoms with Crippen LogP contribution in [0.15, 0.2) is 30.3 Å². The molecule has 2 aliphatic heterocycles. The zero-order chi connectivity index (χ0) is 61.9. The van der Waals surface area contributed by atoms with Gasteiger partial charge in [0.2, 0.25) is 65.2 Å². The van der Waals surface area contributed by atoms with Crippen molar-refractivity contribution in [1.82, 2.24) is 40.4 Å². The third-order valence-electron chi connectivity index (χ3n) is 15.8. The molecule has 25 heteroatoms. The fourth-order valence-corrected chi connectivity index (χ4v) is 10.4. The second kappa shape index (κ2) is 32.5. The van der Waals surface area contributed by atoms with Crippen molar-refractivity contribution >= 4 is 71.0 Å². The van der Waals surface area contributed by atoms with Gasteiger partial charge in [-0.25, -0.2) is 9.59 Å². The molecular formula is C57H91N11O14. The summed E-state index contributed by atoms with van der Waals surface area (Å²) in [5.41, 5.74) is 18.1. The zero-order valence-electron chi connectivity index (χ0n) is 49.7. The Bertz CT molecular complexity index is 2430. The molecule has 11 atom stereocenters. The summed E-state index contributed by atoms with van der Waals surface area (Å²) < 4.78 is 5.40. The Balaban J connectivity index is 1.84. The monoisotopic (exact) mass is 1150 g/mol. The van der Waals surface area contributed by atoms with E-state index in [-0.39, 0.29) is 45.1 Å². The van der Waals surface area contributed by atoms with Crippen LogP contribution in [-0.2, 0) is 68.7 Å². The van der Waals surface area contributed by atoms with Crippen molar-refractivity contribution in [3.8, 4) is 0 Å². The standard InChI is InChI=1S/C57H91N11O14/c1-12-34(7)46(54(77)68-28-18-17-22-40(68)51(74)62-45(32(3)4)53(76)65(10)41(25-27-43(60)70)57(81)82-48(56(79)80)35(8)13-2)63-50(73)38(24-26-42(59)69)64(9)55(78)47(33(5)6)66(11)44(71)31-61-49(72)39-23-19-29-67(39)52(75)37(58)30-36-20-15-14-16-21-36/h14-16,20-21,32-35,37-41,45-48H,12-13,17-19,22-31,58H2,1-11H3,(H2,59,69)(H2,60,70)(H,61,72)(H,62,74)(H,63,73)(H,79,80)/t34-,35?,37-,38-,39-,40-,41-,45-,46-,47-,48?/m0/s1. The van der Waals surface area contributed by atoms with Crippen LogP contribution < -0.4 is 33.2 Å². The quantitative estimate of drug-likeness (QED) is 0.0496. The van der Waals surface area contributed by atoms with Crippen molar-refractivity contribution in [2.45, 2.75) is 187 Å². The van der Waals surface area contributed by atoms with Crippen molar-refractivity contribution in [1.29, 1.82) is 0 Å². The van der Waals surface area contributed by atoms with E-state index in [1.54, 1.807) is 55.4 Å². The fourth-order valence-electron chi connectivity index (χ4n) is 10.4. The zero-order valence-corrected chi connectivity index (χ0v) is 49.7. The van der Waals surface area contributed by atoms with Crippen LogP contribution in [0.4, 0.5) is 0 Å². The van der Waals surface area contributed by atoms with Gasteiger partial charge in [-0.15, -0.1) is 0 Å². The number of carbonyl (C=O) groups is 12. The normalized spacial score (nSPS) is 18.5. The van der Waals surface area contributed by atoms with Crippen LogP contribution in [0.3, 0.4) is 0 Å². The van der Waals surface area contributed by atoms with Crippen LogP contribution >= 0.6 is 0 Å². The van der Waals surface area contributed by atoms with Crippen molar-refractivity contribution in [3.63, 3.8) is 0 Å². The lowest BCUT2D eigenvalue weighted by Gasteiger charge is -2.40. The molecule has 0 bridgehead atoms. The van der Waals surface area contributed by atoms with E-state index in [0.29, 0.717) is 45.1 Å². The molecule has 458 valence electrons. The van der Waals surface area contributed by atoms with Crippen molar-refractivity contribution < 1.29 is 67.4 Å². The number of likely N-dealkylation sites (tertiary alicyclic amines) is 2. The number of primary amides is 2. The van der Waals surface area contributed by atoms with E-state index in [0.717, 1.165) is 20.3 Å².